The van der Waals surface area contributed by atoms with Crippen LogP contribution in [0.25, 0.3) is 0 Å². The van der Waals surface area contributed by atoms with E-state index in [4.69, 9.17) is 10.5 Å². The largest absolute Gasteiger partial charge is 0.458 e. The summed E-state index contributed by atoms with van der Waals surface area (Å²) in [7, 11) is 0. The minimum Gasteiger partial charge on any atom is -0.458 e. The van der Waals surface area contributed by atoms with Crippen molar-refractivity contribution in [2.45, 2.75) is 40.0 Å². The average molecular weight is 356 g/mol. The van der Waals surface area contributed by atoms with E-state index in [-0.39, 0.29) is 19.1 Å². The Bertz CT molecular complexity index is 635. The van der Waals surface area contributed by atoms with Crippen molar-refractivity contribution in [3.63, 3.8) is 0 Å². The first kappa shape index (κ1) is 15.6. The molecule has 0 saturated heterocycles. The van der Waals surface area contributed by atoms with Gasteiger partial charge in [0.15, 0.2) is 0 Å². The molecule has 0 unspecified atom stereocenters. The van der Waals surface area contributed by atoms with Crippen LogP contribution in [-0.4, -0.2) is 25.5 Å². The third-order valence-electron chi connectivity index (χ3n) is 3.01. The molecular weight excluding hydrogens is 338 g/mol. The zero-order chi connectivity index (χ0) is 15.4. The van der Waals surface area contributed by atoms with E-state index < -0.39 is 0 Å². The molecule has 0 spiro atoms. The molecule has 7 nitrogen and oxygen atoms in total. The highest BCUT2D eigenvalue weighted by atomic mass is 79.9. The second kappa shape index (κ2) is 6.75. The van der Waals surface area contributed by atoms with Gasteiger partial charge in [0.2, 0.25) is 0 Å². The monoisotopic (exact) mass is 355 g/mol. The molecule has 0 radical (unpaired) electrons. The highest BCUT2D eigenvalue weighted by Gasteiger charge is 2.15. The zero-order valence-corrected chi connectivity index (χ0v) is 13.6. The number of carbonyl (C=O) groups is 1. The van der Waals surface area contributed by atoms with Gasteiger partial charge in [-0.3, -0.25) is 14.2 Å². The summed E-state index contributed by atoms with van der Waals surface area (Å²) in [6.45, 7) is 4.97. The fraction of sp³-hybridized carbons (Fsp3) is 0.462. The van der Waals surface area contributed by atoms with E-state index in [1.807, 2.05) is 18.5 Å². The first-order valence-electron chi connectivity index (χ1n) is 6.72. The number of aryl methyl sites for hydroxylation is 2. The van der Waals surface area contributed by atoms with Crippen molar-refractivity contribution in [3.05, 3.63) is 28.3 Å². The number of nitrogens with zero attached hydrogens (tertiary/aromatic N) is 4. The molecule has 0 amide bonds. The number of halogens is 1. The molecular formula is C13H18BrN5O2. The maximum atomic E-state index is 11.8. The molecule has 2 N–H and O–H groups in total. The normalized spacial score (nSPS) is 10.8. The second-order valence-electron chi connectivity index (χ2n) is 4.51. The fourth-order valence-electron chi connectivity index (χ4n) is 1.95. The van der Waals surface area contributed by atoms with Crippen LogP contribution in [0.5, 0.6) is 0 Å². The molecule has 0 aliphatic rings. The molecule has 0 aliphatic heterocycles. The third kappa shape index (κ3) is 3.63. The van der Waals surface area contributed by atoms with E-state index in [0.717, 1.165) is 28.8 Å². The topological polar surface area (TPSA) is 88.0 Å². The molecule has 0 saturated carbocycles. The lowest BCUT2D eigenvalue weighted by atomic mass is 10.3. The number of hydrogen-bond donors (Lipinski definition) is 1. The van der Waals surface area contributed by atoms with E-state index in [1.54, 1.807) is 6.20 Å². The van der Waals surface area contributed by atoms with Gasteiger partial charge in [-0.2, -0.15) is 10.2 Å². The third-order valence-corrected chi connectivity index (χ3v) is 3.92. The Labute approximate surface area is 131 Å². The van der Waals surface area contributed by atoms with E-state index in [0.29, 0.717) is 5.69 Å². The summed E-state index contributed by atoms with van der Waals surface area (Å²) in [5.41, 5.74) is 7.88. The van der Waals surface area contributed by atoms with Gasteiger partial charge < -0.3 is 10.5 Å². The zero-order valence-electron chi connectivity index (χ0n) is 12.0. The Morgan fingerprint density at radius 1 is 1.48 bits per heavy atom. The molecule has 0 aromatic carbocycles. The molecule has 0 bridgehead atoms. The van der Waals surface area contributed by atoms with E-state index in [1.165, 1.54) is 10.9 Å². The Morgan fingerprint density at radius 2 is 2.24 bits per heavy atom. The van der Waals surface area contributed by atoms with Crippen molar-refractivity contribution < 1.29 is 9.53 Å². The summed E-state index contributed by atoms with van der Waals surface area (Å²) < 4.78 is 9.48. The van der Waals surface area contributed by atoms with Crippen molar-refractivity contribution in [1.82, 2.24) is 19.6 Å². The average Bonchev–Trinajstić information content (AvgIpc) is 3.00. The van der Waals surface area contributed by atoms with E-state index in [2.05, 4.69) is 26.1 Å². The van der Waals surface area contributed by atoms with Gasteiger partial charge in [-0.1, -0.05) is 6.92 Å². The number of esters is 1. The van der Waals surface area contributed by atoms with Crippen molar-refractivity contribution >= 4 is 27.6 Å². The molecule has 8 heteroatoms. The number of nitrogens with two attached hydrogens (primary N) is 1. The number of nitrogen functional groups attached to an aromatic ring is 1. The molecule has 2 rings (SSSR count). The van der Waals surface area contributed by atoms with Crippen molar-refractivity contribution in [3.8, 4) is 0 Å². The minimum absolute atomic E-state index is 0.0374. The Hall–Kier alpha value is -1.83. The lowest BCUT2D eigenvalue weighted by molar-refractivity contribution is -0.146. The first-order chi connectivity index (χ1) is 10.0. The molecule has 21 heavy (non-hydrogen) atoms. The van der Waals surface area contributed by atoms with Gasteiger partial charge in [-0.05, 0) is 29.3 Å². The standard InChI is InChI=1S/C13H18BrN5O2/c1-3-10-13(14)11(19(4-2)17-10)8-21-12(20)7-18-6-9(15)5-16-18/h5-6H,3-4,7-8,15H2,1-2H3. The first-order valence-corrected chi connectivity index (χ1v) is 7.52. The van der Waals surface area contributed by atoms with Gasteiger partial charge in [0.1, 0.15) is 13.2 Å². The maximum absolute atomic E-state index is 11.8. The van der Waals surface area contributed by atoms with Crippen LogP contribution in [0, 0.1) is 0 Å². The van der Waals surface area contributed by atoms with Crippen LogP contribution in [0.15, 0.2) is 16.9 Å². The lowest BCUT2D eigenvalue weighted by Gasteiger charge is -2.07. The molecule has 2 heterocycles. The number of aromatic nitrogens is 4. The van der Waals surface area contributed by atoms with Crippen molar-refractivity contribution in [2.24, 2.45) is 0 Å². The van der Waals surface area contributed by atoms with E-state index in [9.17, 15) is 4.79 Å². The van der Waals surface area contributed by atoms with Crippen LogP contribution < -0.4 is 5.73 Å². The Morgan fingerprint density at radius 3 is 2.81 bits per heavy atom. The smallest absolute Gasteiger partial charge is 0.328 e. The summed E-state index contributed by atoms with van der Waals surface area (Å²) >= 11 is 3.51. The number of anilines is 1. The van der Waals surface area contributed by atoms with Gasteiger partial charge in [0.05, 0.1) is 27.7 Å². The summed E-state index contributed by atoms with van der Waals surface area (Å²) in [6, 6.07) is 0. The SMILES string of the molecule is CCc1nn(CC)c(COC(=O)Cn2cc(N)cn2)c1Br. The van der Waals surface area contributed by atoms with Crippen LogP contribution >= 0.6 is 15.9 Å². The minimum atomic E-state index is -0.369. The molecule has 2 aromatic heterocycles. The Balaban J connectivity index is 1.99. The van der Waals surface area contributed by atoms with Crippen LogP contribution in [0.3, 0.4) is 0 Å². The summed E-state index contributed by atoms with van der Waals surface area (Å²) in [5.74, 6) is -0.369. The highest BCUT2D eigenvalue weighted by molar-refractivity contribution is 9.10. The predicted molar refractivity (Wildman–Crippen MR) is 81.4 cm³/mol. The van der Waals surface area contributed by atoms with Gasteiger partial charge in [0, 0.05) is 12.7 Å². The summed E-state index contributed by atoms with van der Waals surface area (Å²) in [6.07, 6.45) is 3.90. The number of carbonyl (C=O) groups excluding carboxylic acids is 1. The van der Waals surface area contributed by atoms with E-state index >= 15 is 0 Å². The quantitative estimate of drug-likeness (QED) is 0.797. The second-order valence-corrected chi connectivity index (χ2v) is 5.30. The van der Waals surface area contributed by atoms with Crippen molar-refractivity contribution in [2.75, 3.05) is 5.73 Å². The number of rotatable bonds is 6. The maximum Gasteiger partial charge on any atom is 0.328 e. The molecule has 2 aromatic rings. The van der Waals surface area contributed by atoms with Crippen molar-refractivity contribution in [1.29, 1.82) is 0 Å². The molecule has 0 atom stereocenters. The van der Waals surface area contributed by atoms with Gasteiger partial charge >= 0.3 is 5.97 Å². The van der Waals surface area contributed by atoms with Gasteiger partial charge in [0.25, 0.3) is 0 Å². The summed E-state index contributed by atoms with van der Waals surface area (Å²) in [5, 5.41) is 8.40. The summed E-state index contributed by atoms with van der Waals surface area (Å²) in [4.78, 5) is 11.8. The molecule has 0 fully saturated rings. The Kier molecular flexibility index (Phi) is 5.00. The number of hydrogen-bond acceptors (Lipinski definition) is 5. The van der Waals surface area contributed by atoms with Crippen LogP contribution in [0.1, 0.15) is 25.2 Å². The van der Waals surface area contributed by atoms with Gasteiger partial charge in [-0.25, -0.2) is 0 Å². The fourth-order valence-corrected chi connectivity index (χ4v) is 2.63. The lowest BCUT2D eigenvalue weighted by Crippen LogP contribution is -2.15. The van der Waals surface area contributed by atoms with Crippen LogP contribution in [0.4, 0.5) is 5.69 Å². The molecule has 0 aliphatic carbocycles. The number of ether oxygens (including phenoxy) is 1. The predicted octanol–water partition coefficient (Wildman–Crippen LogP) is 1.75. The van der Waals surface area contributed by atoms with Gasteiger partial charge in [-0.15, -0.1) is 0 Å². The molecule has 114 valence electrons. The highest BCUT2D eigenvalue weighted by Crippen LogP contribution is 2.23. The van der Waals surface area contributed by atoms with Crippen LogP contribution in [-0.2, 0) is 35.6 Å². The van der Waals surface area contributed by atoms with Crippen LogP contribution in [0.2, 0.25) is 0 Å².